The molecule has 0 radical (unpaired) electrons. The van der Waals surface area contributed by atoms with Gasteiger partial charge < -0.3 is 10.1 Å². The Morgan fingerprint density at radius 2 is 2.30 bits per heavy atom. The molecule has 0 bridgehead atoms. The van der Waals surface area contributed by atoms with Gasteiger partial charge in [0, 0.05) is 18.8 Å². The number of anilines is 1. The first-order valence-electron chi connectivity index (χ1n) is 7.51. The maximum absolute atomic E-state index is 9.11. The number of aromatic nitrogens is 1. The van der Waals surface area contributed by atoms with Crippen LogP contribution in [0.5, 0.6) is 0 Å². The molecular weight excluding hydrogens is 250 g/mol. The largest absolute Gasteiger partial charge is 0.378 e. The van der Waals surface area contributed by atoms with Crippen LogP contribution in [0, 0.1) is 17.2 Å². The van der Waals surface area contributed by atoms with E-state index in [4.69, 9.17) is 10.00 Å². The average molecular weight is 273 g/mol. The Bertz CT molecular complexity index is 465. The lowest BCUT2D eigenvalue weighted by atomic mass is 9.89. The van der Waals surface area contributed by atoms with Gasteiger partial charge in [0.15, 0.2) is 0 Å². The quantitative estimate of drug-likeness (QED) is 0.893. The van der Waals surface area contributed by atoms with Gasteiger partial charge in [-0.05, 0) is 30.9 Å². The van der Waals surface area contributed by atoms with E-state index in [9.17, 15) is 0 Å². The lowest BCUT2D eigenvalue weighted by Gasteiger charge is -2.34. The molecule has 1 aliphatic rings. The molecule has 0 aliphatic carbocycles. The fraction of sp³-hybridized carbons (Fsp3) is 0.625. The predicted octanol–water partition coefficient (Wildman–Crippen LogP) is 3.35. The third-order valence-electron chi connectivity index (χ3n) is 4.16. The molecular formula is C16H23N3O. The smallest absolute Gasteiger partial charge is 0.144 e. The standard InChI is InChI=1S/C16H23N3O/c1-3-12(4-2)15-10-14(7-9-20-15)19-16-13(11-17)6-5-8-18-16/h5-6,8,12,14-15H,3-4,7,9-10H2,1-2H3,(H,18,19). The molecule has 2 rings (SSSR count). The summed E-state index contributed by atoms with van der Waals surface area (Å²) in [7, 11) is 0. The Balaban J connectivity index is 2.01. The van der Waals surface area contributed by atoms with Gasteiger partial charge in [-0.3, -0.25) is 0 Å². The van der Waals surface area contributed by atoms with Crippen molar-refractivity contribution in [3.8, 4) is 6.07 Å². The van der Waals surface area contributed by atoms with Crippen LogP contribution in [0.2, 0.25) is 0 Å². The van der Waals surface area contributed by atoms with Gasteiger partial charge in [0.25, 0.3) is 0 Å². The summed E-state index contributed by atoms with van der Waals surface area (Å²) in [6, 6.07) is 6.12. The minimum absolute atomic E-state index is 0.325. The molecule has 0 aromatic carbocycles. The highest BCUT2D eigenvalue weighted by molar-refractivity contribution is 5.51. The zero-order valence-corrected chi connectivity index (χ0v) is 12.3. The Hall–Kier alpha value is -1.60. The number of nitriles is 1. The van der Waals surface area contributed by atoms with E-state index < -0.39 is 0 Å². The minimum atomic E-state index is 0.325. The Morgan fingerprint density at radius 1 is 1.50 bits per heavy atom. The van der Waals surface area contributed by atoms with Crippen LogP contribution in [-0.4, -0.2) is 23.7 Å². The summed E-state index contributed by atoms with van der Waals surface area (Å²) in [6.45, 7) is 5.23. The molecule has 20 heavy (non-hydrogen) atoms. The number of pyridine rings is 1. The third kappa shape index (κ3) is 3.49. The van der Waals surface area contributed by atoms with Crippen LogP contribution in [0.1, 0.15) is 45.1 Å². The zero-order chi connectivity index (χ0) is 14.4. The molecule has 2 atom stereocenters. The molecule has 0 saturated carbocycles. The van der Waals surface area contributed by atoms with Crippen molar-refractivity contribution in [2.45, 2.75) is 51.7 Å². The highest BCUT2D eigenvalue weighted by atomic mass is 16.5. The summed E-state index contributed by atoms with van der Waals surface area (Å²) in [5.41, 5.74) is 0.609. The molecule has 4 nitrogen and oxygen atoms in total. The molecule has 0 spiro atoms. The molecule has 1 aromatic rings. The zero-order valence-electron chi connectivity index (χ0n) is 12.3. The molecule has 1 aliphatic heterocycles. The monoisotopic (exact) mass is 273 g/mol. The highest BCUT2D eigenvalue weighted by Crippen LogP contribution is 2.27. The summed E-state index contributed by atoms with van der Waals surface area (Å²) in [5, 5.41) is 12.5. The van der Waals surface area contributed by atoms with Gasteiger partial charge in [-0.25, -0.2) is 4.98 Å². The second kappa shape index (κ2) is 7.25. The number of hydrogen-bond donors (Lipinski definition) is 1. The van der Waals surface area contributed by atoms with Crippen LogP contribution in [0.25, 0.3) is 0 Å². The van der Waals surface area contributed by atoms with Crippen LogP contribution < -0.4 is 5.32 Å². The summed E-state index contributed by atoms with van der Waals surface area (Å²) >= 11 is 0. The van der Waals surface area contributed by atoms with E-state index in [2.05, 4.69) is 30.2 Å². The maximum Gasteiger partial charge on any atom is 0.144 e. The Labute approximate surface area is 121 Å². The van der Waals surface area contributed by atoms with E-state index in [1.807, 2.05) is 0 Å². The molecule has 108 valence electrons. The van der Waals surface area contributed by atoms with Gasteiger partial charge in [0.2, 0.25) is 0 Å². The summed E-state index contributed by atoms with van der Waals surface area (Å²) < 4.78 is 5.92. The van der Waals surface area contributed by atoms with Gasteiger partial charge in [0.1, 0.15) is 11.9 Å². The Morgan fingerprint density at radius 3 is 3.00 bits per heavy atom. The average Bonchev–Trinajstić information content (AvgIpc) is 2.49. The van der Waals surface area contributed by atoms with Crippen molar-refractivity contribution in [2.24, 2.45) is 5.92 Å². The number of nitrogens with one attached hydrogen (secondary N) is 1. The lowest BCUT2D eigenvalue weighted by molar-refractivity contribution is -0.0271. The van der Waals surface area contributed by atoms with Crippen LogP contribution in [0.3, 0.4) is 0 Å². The fourth-order valence-electron chi connectivity index (χ4n) is 2.91. The first-order valence-corrected chi connectivity index (χ1v) is 7.51. The van der Waals surface area contributed by atoms with Gasteiger partial charge in [0.05, 0.1) is 11.7 Å². The topological polar surface area (TPSA) is 57.9 Å². The first-order chi connectivity index (χ1) is 9.78. The predicted molar refractivity (Wildman–Crippen MR) is 79.4 cm³/mol. The van der Waals surface area contributed by atoms with E-state index in [0.29, 0.717) is 29.4 Å². The normalized spacial score (nSPS) is 22.5. The molecule has 1 saturated heterocycles. The van der Waals surface area contributed by atoms with Crippen LogP contribution in [0.15, 0.2) is 18.3 Å². The van der Waals surface area contributed by atoms with Crippen molar-refractivity contribution < 1.29 is 4.74 Å². The summed E-state index contributed by atoms with van der Waals surface area (Å²) in [6.07, 6.45) is 6.32. The van der Waals surface area contributed by atoms with Gasteiger partial charge in [-0.1, -0.05) is 26.7 Å². The van der Waals surface area contributed by atoms with Crippen molar-refractivity contribution in [2.75, 3.05) is 11.9 Å². The van der Waals surface area contributed by atoms with Crippen LogP contribution in [-0.2, 0) is 4.74 Å². The number of rotatable bonds is 5. The molecule has 2 unspecified atom stereocenters. The van der Waals surface area contributed by atoms with E-state index in [1.54, 1.807) is 18.3 Å². The van der Waals surface area contributed by atoms with Crippen molar-refractivity contribution >= 4 is 5.82 Å². The first kappa shape index (κ1) is 14.8. The SMILES string of the molecule is CCC(CC)C1CC(Nc2ncccc2C#N)CCO1. The highest BCUT2D eigenvalue weighted by Gasteiger charge is 2.27. The molecule has 1 N–H and O–H groups in total. The number of nitrogens with zero attached hydrogens (tertiary/aromatic N) is 2. The number of hydrogen-bond acceptors (Lipinski definition) is 4. The second-order valence-corrected chi connectivity index (χ2v) is 5.36. The second-order valence-electron chi connectivity index (χ2n) is 5.36. The van der Waals surface area contributed by atoms with E-state index in [-0.39, 0.29) is 0 Å². The molecule has 1 fully saturated rings. The third-order valence-corrected chi connectivity index (χ3v) is 4.16. The van der Waals surface area contributed by atoms with Crippen molar-refractivity contribution in [1.29, 1.82) is 5.26 Å². The van der Waals surface area contributed by atoms with E-state index in [0.717, 1.165) is 32.3 Å². The van der Waals surface area contributed by atoms with Crippen LogP contribution >= 0.6 is 0 Å². The fourth-order valence-corrected chi connectivity index (χ4v) is 2.91. The summed E-state index contributed by atoms with van der Waals surface area (Å²) in [4.78, 5) is 4.28. The van der Waals surface area contributed by atoms with Gasteiger partial charge in [-0.15, -0.1) is 0 Å². The van der Waals surface area contributed by atoms with E-state index in [1.165, 1.54) is 0 Å². The maximum atomic E-state index is 9.11. The minimum Gasteiger partial charge on any atom is -0.378 e. The van der Waals surface area contributed by atoms with Crippen molar-refractivity contribution in [3.05, 3.63) is 23.9 Å². The van der Waals surface area contributed by atoms with Crippen LogP contribution in [0.4, 0.5) is 5.82 Å². The van der Waals surface area contributed by atoms with E-state index >= 15 is 0 Å². The van der Waals surface area contributed by atoms with Gasteiger partial charge in [-0.2, -0.15) is 5.26 Å². The Kier molecular flexibility index (Phi) is 5.37. The molecule has 4 heteroatoms. The molecule has 0 amide bonds. The van der Waals surface area contributed by atoms with Gasteiger partial charge >= 0.3 is 0 Å². The molecule has 1 aromatic heterocycles. The number of ether oxygens (including phenoxy) is 1. The van der Waals surface area contributed by atoms with Crippen molar-refractivity contribution in [3.63, 3.8) is 0 Å². The lowest BCUT2D eigenvalue weighted by Crippen LogP contribution is -2.38. The van der Waals surface area contributed by atoms with Crippen molar-refractivity contribution in [1.82, 2.24) is 4.98 Å². The summed E-state index contributed by atoms with van der Waals surface area (Å²) in [5.74, 6) is 1.32. The molecule has 2 heterocycles.